The zero-order valence-electron chi connectivity index (χ0n) is 18.4. The molecule has 0 aromatic heterocycles. The second-order valence-corrected chi connectivity index (χ2v) is 8.21. The Balaban J connectivity index is 1.71. The average molecular weight is 462 g/mol. The molecule has 0 saturated heterocycles. The lowest BCUT2D eigenvalue weighted by molar-refractivity contribution is -0.146. The standard InChI is InChI=1S/C23H28FN3O4S/c1-4-27(5-2)20-12-10-19(11-13-20)25-21(28)14-31-23(30)16(3)32-15-22(29)26-18-8-6-17(24)7-9-18/h6-13,16H,4-5,14-15H2,1-3H3,(H,25,28)(H,26,29). The van der Waals surface area contributed by atoms with Crippen molar-refractivity contribution in [3.8, 4) is 0 Å². The summed E-state index contributed by atoms with van der Waals surface area (Å²) in [6.45, 7) is 7.12. The highest BCUT2D eigenvalue weighted by Crippen LogP contribution is 2.18. The number of ether oxygens (including phenoxy) is 1. The van der Waals surface area contributed by atoms with Crippen molar-refractivity contribution in [2.24, 2.45) is 0 Å². The van der Waals surface area contributed by atoms with Crippen LogP contribution in [0.5, 0.6) is 0 Å². The first-order valence-corrected chi connectivity index (χ1v) is 11.4. The fraction of sp³-hybridized carbons (Fsp3) is 0.348. The number of rotatable bonds is 11. The molecule has 0 radical (unpaired) electrons. The van der Waals surface area contributed by atoms with E-state index in [4.69, 9.17) is 4.74 Å². The number of halogens is 1. The van der Waals surface area contributed by atoms with Gasteiger partial charge in [-0.2, -0.15) is 0 Å². The molecule has 2 aromatic carbocycles. The number of amides is 2. The van der Waals surface area contributed by atoms with Gasteiger partial charge in [-0.3, -0.25) is 14.4 Å². The number of thioether (sulfide) groups is 1. The number of benzene rings is 2. The summed E-state index contributed by atoms with van der Waals surface area (Å²) in [4.78, 5) is 38.3. The van der Waals surface area contributed by atoms with Crippen LogP contribution in [-0.4, -0.2) is 48.5 Å². The molecule has 2 rings (SSSR count). The zero-order chi connectivity index (χ0) is 23.5. The Hall–Kier alpha value is -3.07. The summed E-state index contributed by atoms with van der Waals surface area (Å²) in [6.07, 6.45) is 0. The summed E-state index contributed by atoms with van der Waals surface area (Å²) in [5.41, 5.74) is 2.14. The summed E-state index contributed by atoms with van der Waals surface area (Å²) in [6, 6.07) is 12.8. The third-order valence-electron chi connectivity index (χ3n) is 4.55. The molecule has 0 spiro atoms. The van der Waals surface area contributed by atoms with E-state index in [1.807, 2.05) is 12.1 Å². The topological polar surface area (TPSA) is 87.7 Å². The largest absolute Gasteiger partial charge is 0.455 e. The van der Waals surface area contributed by atoms with Gasteiger partial charge < -0.3 is 20.3 Å². The quantitative estimate of drug-likeness (QED) is 0.494. The Morgan fingerprint density at radius 2 is 1.47 bits per heavy atom. The molecule has 0 bridgehead atoms. The lowest BCUT2D eigenvalue weighted by Crippen LogP contribution is -2.26. The highest BCUT2D eigenvalue weighted by molar-refractivity contribution is 8.01. The van der Waals surface area contributed by atoms with Crippen LogP contribution in [0.1, 0.15) is 20.8 Å². The third kappa shape index (κ3) is 8.22. The highest BCUT2D eigenvalue weighted by atomic mass is 32.2. The number of esters is 1. The smallest absolute Gasteiger partial charge is 0.319 e. The Morgan fingerprint density at radius 3 is 2.03 bits per heavy atom. The van der Waals surface area contributed by atoms with Crippen molar-refractivity contribution in [2.75, 3.05) is 41.0 Å². The lowest BCUT2D eigenvalue weighted by atomic mass is 10.2. The maximum Gasteiger partial charge on any atom is 0.319 e. The van der Waals surface area contributed by atoms with Crippen LogP contribution in [0.4, 0.5) is 21.5 Å². The van der Waals surface area contributed by atoms with Gasteiger partial charge in [-0.25, -0.2) is 4.39 Å². The average Bonchev–Trinajstić information content (AvgIpc) is 2.79. The van der Waals surface area contributed by atoms with Crippen molar-refractivity contribution < 1.29 is 23.5 Å². The maximum atomic E-state index is 12.9. The molecule has 1 atom stereocenters. The van der Waals surface area contributed by atoms with Crippen LogP contribution in [-0.2, 0) is 19.1 Å². The third-order valence-corrected chi connectivity index (χ3v) is 5.67. The van der Waals surface area contributed by atoms with E-state index in [1.165, 1.54) is 24.3 Å². The van der Waals surface area contributed by atoms with E-state index in [0.29, 0.717) is 11.4 Å². The van der Waals surface area contributed by atoms with Crippen LogP contribution in [0, 0.1) is 5.82 Å². The number of carbonyl (C=O) groups is 3. The highest BCUT2D eigenvalue weighted by Gasteiger charge is 2.18. The number of carbonyl (C=O) groups excluding carboxylic acids is 3. The molecular formula is C23H28FN3O4S. The van der Waals surface area contributed by atoms with Crippen molar-refractivity contribution >= 4 is 46.6 Å². The summed E-state index contributed by atoms with van der Waals surface area (Å²) in [5.74, 6) is -1.74. The Labute approximate surface area is 191 Å². The minimum Gasteiger partial charge on any atom is -0.455 e. The van der Waals surface area contributed by atoms with E-state index in [9.17, 15) is 18.8 Å². The van der Waals surface area contributed by atoms with Crippen LogP contribution in [0.25, 0.3) is 0 Å². The van der Waals surface area contributed by atoms with Crippen molar-refractivity contribution in [1.82, 2.24) is 0 Å². The Bertz CT molecular complexity index is 902. The molecular weight excluding hydrogens is 433 g/mol. The van der Waals surface area contributed by atoms with Gasteiger partial charge in [0.1, 0.15) is 11.1 Å². The molecule has 0 aliphatic carbocycles. The minimum absolute atomic E-state index is 0.0126. The molecule has 0 aliphatic heterocycles. The minimum atomic E-state index is -0.630. The van der Waals surface area contributed by atoms with Gasteiger partial charge in [-0.1, -0.05) is 0 Å². The first kappa shape index (κ1) is 25.2. The second kappa shape index (κ2) is 12.7. The maximum absolute atomic E-state index is 12.9. The molecule has 0 saturated carbocycles. The van der Waals surface area contributed by atoms with Crippen molar-refractivity contribution in [3.05, 3.63) is 54.3 Å². The van der Waals surface area contributed by atoms with Gasteiger partial charge in [0, 0.05) is 30.2 Å². The predicted octanol–water partition coefficient (Wildman–Crippen LogP) is 3.91. The summed E-state index contributed by atoms with van der Waals surface area (Å²) in [7, 11) is 0. The van der Waals surface area contributed by atoms with Crippen molar-refractivity contribution in [1.29, 1.82) is 0 Å². The monoisotopic (exact) mass is 461 g/mol. The van der Waals surface area contributed by atoms with Crippen LogP contribution < -0.4 is 15.5 Å². The molecule has 1 unspecified atom stereocenters. The molecule has 2 amide bonds. The number of hydrogen-bond donors (Lipinski definition) is 2. The molecule has 7 nitrogen and oxygen atoms in total. The molecule has 172 valence electrons. The van der Waals surface area contributed by atoms with E-state index in [-0.39, 0.29) is 11.7 Å². The molecule has 0 aliphatic rings. The molecule has 2 aromatic rings. The van der Waals surface area contributed by atoms with Gasteiger partial charge in [0.25, 0.3) is 5.91 Å². The van der Waals surface area contributed by atoms with E-state index in [2.05, 4.69) is 29.4 Å². The molecule has 0 heterocycles. The van der Waals surface area contributed by atoms with Gasteiger partial charge in [-0.15, -0.1) is 11.8 Å². The van der Waals surface area contributed by atoms with E-state index in [1.54, 1.807) is 19.1 Å². The van der Waals surface area contributed by atoms with Crippen LogP contribution in [0.15, 0.2) is 48.5 Å². The molecule has 2 N–H and O–H groups in total. The van der Waals surface area contributed by atoms with Crippen LogP contribution in [0.3, 0.4) is 0 Å². The van der Waals surface area contributed by atoms with Crippen molar-refractivity contribution in [2.45, 2.75) is 26.0 Å². The SMILES string of the molecule is CCN(CC)c1ccc(NC(=O)COC(=O)C(C)SCC(=O)Nc2ccc(F)cc2)cc1. The number of anilines is 3. The Kier molecular flexibility index (Phi) is 10.0. The predicted molar refractivity (Wildman–Crippen MR) is 127 cm³/mol. The van der Waals surface area contributed by atoms with Gasteiger partial charge >= 0.3 is 5.97 Å². The van der Waals surface area contributed by atoms with E-state index < -0.39 is 29.6 Å². The lowest BCUT2D eigenvalue weighted by Gasteiger charge is -2.21. The fourth-order valence-electron chi connectivity index (χ4n) is 2.79. The van der Waals surface area contributed by atoms with E-state index >= 15 is 0 Å². The first-order chi connectivity index (χ1) is 15.3. The number of hydrogen-bond acceptors (Lipinski definition) is 6. The Morgan fingerprint density at radius 1 is 0.938 bits per heavy atom. The zero-order valence-corrected chi connectivity index (χ0v) is 19.2. The summed E-state index contributed by atoms with van der Waals surface area (Å²) >= 11 is 1.08. The first-order valence-electron chi connectivity index (χ1n) is 10.3. The number of nitrogens with zero attached hydrogens (tertiary/aromatic N) is 1. The molecule has 0 fully saturated rings. The number of nitrogens with one attached hydrogen (secondary N) is 2. The van der Waals surface area contributed by atoms with Crippen molar-refractivity contribution in [3.63, 3.8) is 0 Å². The fourth-order valence-corrected chi connectivity index (χ4v) is 3.47. The second-order valence-electron chi connectivity index (χ2n) is 6.88. The van der Waals surface area contributed by atoms with Gasteiger partial charge in [0.2, 0.25) is 5.91 Å². The van der Waals surface area contributed by atoms with Gasteiger partial charge in [0.05, 0.1) is 5.75 Å². The van der Waals surface area contributed by atoms with E-state index in [0.717, 1.165) is 30.5 Å². The summed E-state index contributed by atoms with van der Waals surface area (Å²) in [5, 5.41) is 4.67. The van der Waals surface area contributed by atoms with Crippen LogP contribution in [0.2, 0.25) is 0 Å². The normalized spacial score (nSPS) is 11.4. The van der Waals surface area contributed by atoms with Gasteiger partial charge in [0.15, 0.2) is 6.61 Å². The summed E-state index contributed by atoms with van der Waals surface area (Å²) < 4.78 is 17.9. The van der Waals surface area contributed by atoms with Gasteiger partial charge in [-0.05, 0) is 69.3 Å². The molecule has 32 heavy (non-hydrogen) atoms. The van der Waals surface area contributed by atoms with Crippen LogP contribution >= 0.6 is 11.8 Å². The molecule has 9 heteroatoms.